The average molecular weight is 224 g/mol. The van der Waals surface area contributed by atoms with Crippen molar-refractivity contribution < 1.29 is 4.74 Å². The lowest BCUT2D eigenvalue weighted by molar-refractivity contribution is 0.415. The van der Waals surface area contributed by atoms with E-state index in [1.807, 2.05) is 42.5 Å². The molecule has 1 aromatic carbocycles. The van der Waals surface area contributed by atoms with E-state index in [2.05, 4.69) is 11.1 Å². The molecule has 0 N–H and O–H groups in total. The molecule has 0 aliphatic heterocycles. The van der Waals surface area contributed by atoms with Gasteiger partial charge in [0.2, 0.25) is 0 Å². The van der Waals surface area contributed by atoms with Gasteiger partial charge in [-0.15, -0.1) is 0 Å². The van der Waals surface area contributed by atoms with Gasteiger partial charge in [0, 0.05) is 5.56 Å². The van der Waals surface area contributed by atoms with Crippen LogP contribution in [0.4, 0.5) is 0 Å². The maximum Gasteiger partial charge on any atom is 0.118 e. The highest BCUT2D eigenvalue weighted by atomic mass is 16.5. The van der Waals surface area contributed by atoms with E-state index in [-0.39, 0.29) is 0 Å². The number of nitrogens with zero attached hydrogens (tertiary/aromatic N) is 2. The molecule has 3 heteroatoms. The minimum atomic E-state index is 0.337. The van der Waals surface area contributed by atoms with Gasteiger partial charge in [0.1, 0.15) is 5.75 Å². The van der Waals surface area contributed by atoms with Gasteiger partial charge in [-0.2, -0.15) is 5.26 Å². The fraction of sp³-hybridized carbons (Fsp3) is 0.143. The van der Waals surface area contributed by atoms with Crippen molar-refractivity contribution in [3.05, 3.63) is 48.2 Å². The number of benzene rings is 1. The molecule has 0 spiro atoms. The summed E-state index contributed by atoms with van der Waals surface area (Å²) < 4.78 is 5.10. The second kappa shape index (κ2) is 5.13. The summed E-state index contributed by atoms with van der Waals surface area (Å²) in [6.45, 7) is 0. The third kappa shape index (κ3) is 2.61. The second-order valence-electron chi connectivity index (χ2n) is 3.58. The lowest BCUT2D eigenvalue weighted by Gasteiger charge is -2.04. The summed E-state index contributed by atoms with van der Waals surface area (Å²) in [5.74, 6) is 0.821. The summed E-state index contributed by atoms with van der Waals surface area (Å²) in [5, 5.41) is 8.64. The van der Waals surface area contributed by atoms with Crippen LogP contribution in [0.1, 0.15) is 5.69 Å². The van der Waals surface area contributed by atoms with Crippen molar-refractivity contribution in [3.63, 3.8) is 0 Å². The molecule has 0 amide bonds. The van der Waals surface area contributed by atoms with E-state index in [0.29, 0.717) is 6.42 Å². The highest BCUT2D eigenvalue weighted by Crippen LogP contribution is 2.20. The molecule has 1 heterocycles. The molecule has 0 saturated carbocycles. The van der Waals surface area contributed by atoms with Crippen LogP contribution in [0.3, 0.4) is 0 Å². The van der Waals surface area contributed by atoms with Gasteiger partial charge in [-0.3, -0.25) is 4.98 Å². The fourth-order valence-electron chi connectivity index (χ4n) is 1.58. The van der Waals surface area contributed by atoms with E-state index in [4.69, 9.17) is 10.00 Å². The predicted octanol–water partition coefficient (Wildman–Crippen LogP) is 2.82. The lowest BCUT2D eigenvalue weighted by Crippen LogP contribution is -1.90. The van der Waals surface area contributed by atoms with E-state index >= 15 is 0 Å². The van der Waals surface area contributed by atoms with Crippen molar-refractivity contribution in [1.29, 1.82) is 5.26 Å². The summed E-state index contributed by atoms with van der Waals surface area (Å²) in [7, 11) is 1.64. The molecule has 1 aromatic heterocycles. The summed E-state index contributed by atoms with van der Waals surface area (Å²) in [6.07, 6.45) is 0.337. The minimum absolute atomic E-state index is 0.337. The van der Waals surface area contributed by atoms with Gasteiger partial charge < -0.3 is 4.74 Å². The van der Waals surface area contributed by atoms with Crippen LogP contribution in [0.15, 0.2) is 42.5 Å². The quantitative estimate of drug-likeness (QED) is 0.805. The maximum atomic E-state index is 8.64. The Hall–Kier alpha value is -2.34. The van der Waals surface area contributed by atoms with Crippen LogP contribution in [0.2, 0.25) is 0 Å². The molecule has 84 valence electrons. The molecular formula is C14H12N2O. The molecule has 0 atom stereocenters. The molecule has 17 heavy (non-hydrogen) atoms. The number of hydrogen-bond donors (Lipinski definition) is 0. The van der Waals surface area contributed by atoms with E-state index in [0.717, 1.165) is 22.7 Å². The Bertz CT molecular complexity index is 541. The molecule has 3 nitrogen and oxygen atoms in total. The van der Waals surface area contributed by atoms with Gasteiger partial charge >= 0.3 is 0 Å². The van der Waals surface area contributed by atoms with Crippen molar-refractivity contribution in [2.24, 2.45) is 0 Å². The highest BCUT2D eigenvalue weighted by Gasteiger charge is 2.01. The van der Waals surface area contributed by atoms with Crippen LogP contribution in [0.25, 0.3) is 11.3 Å². The average Bonchev–Trinajstić information content (AvgIpc) is 2.40. The van der Waals surface area contributed by atoms with Gasteiger partial charge in [-0.25, -0.2) is 0 Å². The summed E-state index contributed by atoms with van der Waals surface area (Å²) in [6, 6.07) is 15.5. The number of pyridine rings is 1. The Morgan fingerprint density at radius 2 is 1.94 bits per heavy atom. The first-order valence-corrected chi connectivity index (χ1v) is 5.31. The van der Waals surface area contributed by atoms with Crippen LogP contribution in [0.5, 0.6) is 5.75 Å². The third-order valence-electron chi connectivity index (χ3n) is 2.45. The number of methoxy groups -OCH3 is 1. The van der Waals surface area contributed by atoms with Gasteiger partial charge in [0.25, 0.3) is 0 Å². The Kier molecular flexibility index (Phi) is 3.37. The van der Waals surface area contributed by atoms with E-state index < -0.39 is 0 Å². The highest BCUT2D eigenvalue weighted by molar-refractivity contribution is 5.60. The Balaban J connectivity index is 2.32. The number of nitriles is 1. The van der Waals surface area contributed by atoms with Crippen molar-refractivity contribution in [3.8, 4) is 23.1 Å². The molecule has 2 rings (SSSR count). The van der Waals surface area contributed by atoms with Crippen molar-refractivity contribution in [2.45, 2.75) is 6.42 Å². The summed E-state index contributed by atoms with van der Waals surface area (Å²) in [5.41, 5.74) is 2.69. The third-order valence-corrected chi connectivity index (χ3v) is 2.45. The number of hydrogen-bond acceptors (Lipinski definition) is 3. The second-order valence-corrected chi connectivity index (χ2v) is 3.58. The van der Waals surface area contributed by atoms with Crippen LogP contribution in [-0.2, 0) is 6.42 Å². The smallest absolute Gasteiger partial charge is 0.118 e. The van der Waals surface area contributed by atoms with E-state index in [9.17, 15) is 0 Å². The molecule has 0 aliphatic carbocycles. The Morgan fingerprint density at radius 3 is 2.59 bits per heavy atom. The van der Waals surface area contributed by atoms with Gasteiger partial charge in [0.05, 0.1) is 31.0 Å². The Morgan fingerprint density at radius 1 is 1.18 bits per heavy atom. The monoisotopic (exact) mass is 224 g/mol. The zero-order valence-electron chi connectivity index (χ0n) is 9.55. The molecule has 0 aliphatic rings. The first-order chi connectivity index (χ1) is 8.33. The van der Waals surface area contributed by atoms with Crippen molar-refractivity contribution >= 4 is 0 Å². The van der Waals surface area contributed by atoms with E-state index in [1.54, 1.807) is 7.11 Å². The molecule has 0 radical (unpaired) electrons. The number of ether oxygens (including phenoxy) is 1. The molecule has 0 bridgehead atoms. The lowest BCUT2D eigenvalue weighted by atomic mass is 10.1. The molecule has 0 fully saturated rings. The van der Waals surface area contributed by atoms with Crippen molar-refractivity contribution in [1.82, 2.24) is 4.98 Å². The van der Waals surface area contributed by atoms with Crippen molar-refractivity contribution in [2.75, 3.05) is 7.11 Å². The van der Waals surface area contributed by atoms with Crippen LogP contribution >= 0.6 is 0 Å². The standard InChI is InChI=1S/C14H12N2O/c1-17-13-7-5-11(6-8-13)14-4-2-3-12(16-14)9-10-15/h2-8H,9H2,1H3. The van der Waals surface area contributed by atoms with Crippen LogP contribution in [-0.4, -0.2) is 12.1 Å². The molecule has 0 saturated heterocycles. The molecule has 0 unspecified atom stereocenters. The minimum Gasteiger partial charge on any atom is -0.497 e. The normalized spacial score (nSPS) is 9.65. The molecule has 2 aromatic rings. The topological polar surface area (TPSA) is 45.9 Å². The fourth-order valence-corrected chi connectivity index (χ4v) is 1.58. The first-order valence-electron chi connectivity index (χ1n) is 5.31. The zero-order chi connectivity index (χ0) is 12.1. The van der Waals surface area contributed by atoms with Gasteiger partial charge in [-0.05, 0) is 36.4 Å². The number of aromatic nitrogens is 1. The zero-order valence-corrected chi connectivity index (χ0v) is 9.55. The maximum absolute atomic E-state index is 8.64. The van der Waals surface area contributed by atoms with Gasteiger partial charge in [0.15, 0.2) is 0 Å². The summed E-state index contributed by atoms with van der Waals surface area (Å²) >= 11 is 0. The molecular weight excluding hydrogens is 212 g/mol. The summed E-state index contributed by atoms with van der Waals surface area (Å²) in [4.78, 5) is 4.42. The predicted molar refractivity (Wildman–Crippen MR) is 65.5 cm³/mol. The Labute approximate surface area is 100 Å². The van der Waals surface area contributed by atoms with E-state index in [1.165, 1.54) is 0 Å². The van der Waals surface area contributed by atoms with Crippen LogP contribution < -0.4 is 4.74 Å². The van der Waals surface area contributed by atoms with Crippen LogP contribution in [0, 0.1) is 11.3 Å². The number of rotatable bonds is 3. The largest absolute Gasteiger partial charge is 0.497 e. The first kappa shape index (κ1) is 11.2. The van der Waals surface area contributed by atoms with Gasteiger partial charge in [-0.1, -0.05) is 6.07 Å². The SMILES string of the molecule is COc1ccc(-c2cccc(CC#N)n2)cc1.